The zero-order valence-electron chi connectivity index (χ0n) is 20.1. The molecule has 31 heavy (non-hydrogen) atoms. The van der Waals surface area contributed by atoms with E-state index in [1.54, 1.807) is 20.8 Å². The Balaban J connectivity index is 3.05. The molecule has 0 bridgehead atoms. The van der Waals surface area contributed by atoms with Crippen LogP contribution in [0.5, 0.6) is 0 Å². The van der Waals surface area contributed by atoms with Crippen molar-refractivity contribution in [3.63, 3.8) is 0 Å². The van der Waals surface area contributed by atoms with E-state index in [9.17, 15) is 14.4 Å². The zero-order chi connectivity index (χ0) is 23.6. The highest BCUT2D eigenvalue weighted by molar-refractivity contribution is 5.90. The number of unbranched alkanes of at least 4 members (excludes halogenated alkanes) is 2. The summed E-state index contributed by atoms with van der Waals surface area (Å²) in [5.41, 5.74) is 1.14. The molecule has 1 unspecified atom stereocenters. The minimum atomic E-state index is -0.782. The number of hydrogen-bond acceptors (Lipinski definition) is 4. The topological polar surface area (TPSA) is 87.7 Å². The smallest absolute Gasteiger partial charge is 0.408 e. The van der Waals surface area contributed by atoms with E-state index in [0.717, 1.165) is 30.4 Å². The summed E-state index contributed by atoms with van der Waals surface area (Å²) < 4.78 is 5.21. The van der Waals surface area contributed by atoms with E-state index in [1.807, 2.05) is 45.0 Å². The van der Waals surface area contributed by atoms with Gasteiger partial charge in [0.15, 0.2) is 0 Å². The van der Waals surface area contributed by atoms with Crippen molar-refractivity contribution in [3.8, 4) is 0 Å². The average Bonchev–Trinajstić information content (AvgIpc) is 2.66. The van der Waals surface area contributed by atoms with Gasteiger partial charge in [0.1, 0.15) is 18.2 Å². The molecule has 7 heteroatoms. The maximum Gasteiger partial charge on any atom is 0.408 e. The van der Waals surface area contributed by atoms with Gasteiger partial charge in [0.05, 0.1) is 0 Å². The maximum atomic E-state index is 13.2. The van der Waals surface area contributed by atoms with E-state index in [1.165, 1.54) is 4.90 Å². The molecule has 0 spiro atoms. The van der Waals surface area contributed by atoms with E-state index in [4.69, 9.17) is 4.74 Å². The van der Waals surface area contributed by atoms with Gasteiger partial charge in [-0.2, -0.15) is 0 Å². The summed E-state index contributed by atoms with van der Waals surface area (Å²) in [5, 5.41) is 5.48. The Morgan fingerprint density at radius 2 is 1.65 bits per heavy atom. The van der Waals surface area contributed by atoms with Crippen molar-refractivity contribution in [3.05, 3.63) is 35.4 Å². The fourth-order valence-electron chi connectivity index (χ4n) is 3.15. The molecule has 7 nitrogen and oxygen atoms in total. The van der Waals surface area contributed by atoms with Crippen LogP contribution >= 0.6 is 0 Å². The average molecular weight is 434 g/mol. The number of benzene rings is 1. The Morgan fingerprint density at radius 3 is 2.16 bits per heavy atom. The lowest BCUT2D eigenvalue weighted by atomic mass is 10.0. The van der Waals surface area contributed by atoms with Crippen molar-refractivity contribution in [1.82, 2.24) is 15.5 Å². The van der Waals surface area contributed by atoms with Crippen LogP contribution in [0.15, 0.2) is 24.3 Å². The molecule has 1 aromatic carbocycles. The van der Waals surface area contributed by atoms with Gasteiger partial charge in [-0.15, -0.1) is 0 Å². The van der Waals surface area contributed by atoms with Crippen molar-refractivity contribution in [1.29, 1.82) is 0 Å². The third-order valence-corrected chi connectivity index (χ3v) is 4.63. The van der Waals surface area contributed by atoms with Crippen LogP contribution in [-0.2, 0) is 14.3 Å². The molecule has 0 aliphatic carbocycles. The fourth-order valence-corrected chi connectivity index (χ4v) is 3.15. The first-order valence-corrected chi connectivity index (χ1v) is 11.1. The molecule has 2 N–H and O–H groups in total. The summed E-state index contributed by atoms with van der Waals surface area (Å²) in [4.78, 5) is 39.8. The number of nitrogens with zero attached hydrogens (tertiary/aromatic N) is 1. The molecule has 174 valence electrons. The number of nitrogens with one attached hydrogen (secondary N) is 2. The molecule has 1 aromatic rings. The molecule has 0 heterocycles. The normalized spacial score (nSPS) is 12.3. The molecule has 0 aliphatic heterocycles. The number of amides is 3. The van der Waals surface area contributed by atoms with Crippen molar-refractivity contribution >= 4 is 17.9 Å². The van der Waals surface area contributed by atoms with Gasteiger partial charge in [-0.05, 0) is 53.5 Å². The second-order valence-electron chi connectivity index (χ2n) is 9.06. The van der Waals surface area contributed by atoms with Crippen LogP contribution in [-0.4, -0.2) is 47.5 Å². The minimum absolute atomic E-state index is 0.223. The molecule has 0 fully saturated rings. The number of rotatable bonds is 10. The second-order valence-corrected chi connectivity index (χ2v) is 9.06. The van der Waals surface area contributed by atoms with Crippen LogP contribution in [0.3, 0.4) is 0 Å². The molecule has 3 amide bonds. The van der Waals surface area contributed by atoms with E-state index >= 15 is 0 Å². The quantitative estimate of drug-likeness (QED) is 0.544. The van der Waals surface area contributed by atoms with Gasteiger partial charge in [0.2, 0.25) is 11.8 Å². The van der Waals surface area contributed by atoms with E-state index in [2.05, 4.69) is 17.6 Å². The van der Waals surface area contributed by atoms with Gasteiger partial charge in [0, 0.05) is 12.6 Å². The number of carbonyl (C=O) groups is 3. The number of hydrogen-bond donors (Lipinski definition) is 2. The highest BCUT2D eigenvalue weighted by Gasteiger charge is 2.33. The third kappa shape index (κ3) is 9.40. The standard InChI is InChI=1S/C24H39N3O4/c1-8-9-10-15-25-22(29)21(19-13-11-18(4)12-14-19)27(17(2)3)20(28)16-26-23(30)31-24(5,6)7/h11-14,17,21H,8-10,15-16H2,1-7H3,(H,25,29)(H,26,30). The SMILES string of the molecule is CCCCCNC(=O)C(c1ccc(C)cc1)N(C(=O)CNC(=O)OC(C)(C)C)C(C)C. The lowest BCUT2D eigenvalue weighted by Gasteiger charge is -2.35. The molecule has 0 aromatic heterocycles. The van der Waals surface area contributed by atoms with Gasteiger partial charge in [-0.3, -0.25) is 9.59 Å². The third-order valence-electron chi connectivity index (χ3n) is 4.63. The highest BCUT2D eigenvalue weighted by Crippen LogP contribution is 2.24. The predicted octanol–water partition coefficient (Wildman–Crippen LogP) is 4.10. The highest BCUT2D eigenvalue weighted by atomic mass is 16.6. The van der Waals surface area contributed by atoms with E-state index < -0.39 is 17.7 Å². The second kappa shape index (κ2) is 12.3. The molecule has 1 rings (SSSR count). The summed E-state index contributed by atoms with van der Waals surface area (Å²) in [6.45, 7) is 13.4. The zero-order valence-corrected chi connectivity index (χ0v) is 20.1. The Hall–Kier alpha value is -2.57. The maximum absolute atomic E-state index is 13.2. The molecule has 0 aliphatic rings. The lowest BCUT2D eigenvalue weighted by Crippen LogP contribution is -2.50. The first kappa shape index (κ1) is 26.5. The Morgan fingerprint density at radius 1 is 1.03 bits per heavy atom. The van der Waals surface area contributed by atoms with Crippen molar-refractivity contribution in [2.75, 3.05) is 13.1 Å². The predicted molar refractivity (Wildman–Crippen MR) is 123 cm³/mol. The van der Waals surface area contributed by atoms with E-state index in [-0.39, 0.29) is 24.4 Å². The molecule has 0 radical (unpaired) electrons. The lowest BCUT2D eigenvalue weighted by molar-refractivity contribution is -0.142. The van der Waals surface area contributed by atoms with Crippen LogP contribution in [0.2, 0.25) is 0 Å². The number of carbonyl (C=O) groups excluding carboxylic acids is 3. The van der Waals surface area contributed by atoms with Crippen molar-refractivity contribution in [2.45, 2.75) is 85.4 Å². The van der Waals surface area contributed by atoms with Crippen LogP contribution in [0.25, 0.3) is 0 Å². The fraction of sp³-hybridized carbons (Fsp3) is 0.625. The van der Waals surface area contributed by atoms with Crippen LogP contribution in [0.1, 0.15) is 78.0 Å². The molecule has 0 saturated carbocycles. The van der Waals surface area contributed by atoms with E-state index in [0.29, 0.717) is 6.54 Å². The summed E-state index contributed by atoms with van der Waals surface area (Å²) in [5.74, 6) is -0.575. The van der Waals surface area contributed by atoms with Gasteiger partial charge < -0.3 is 20.3 Å². The van der Waals surface area contributed by atoms with Crippen LogP contribution < -0.4 is 10.6 Å². The Kier molecular flexibility index (Phi) is 10.5. The number of aryl methyl sites for hydroxylation is 1. The summed E-state index contributed by atoms with van der Waals surface area (Å²) in [6, 6.07) is 6.56. The molecule has 0 saturated heterocycles. The monoisotopic (exact) mass is 433 g/mol. The molecule has 1 atom stereocenters. The van der Waals surface area contributed by atoms with Crippen LogP contribution in [0, 0.1) is 6.92 Å². The van der Waals surface area contributed by atoms with Gasteiger partial charge in [-0.1, -0.05) is 49.6 Å². The number of ether oxygens (including phenoxy) is 1. The number of alkyl carbamates (subject to hydrolysis) is 1. The van der Waals surface area contributed by atoms with Gasteiger partial charge in [-0.25, -0.2) is 4.79 Å². The minimum Gasteiger partial charge on any atom is -0.444 e. The summed E-state index contributed by atoms with van der Waals surface area (Å²) in [7, 11) is 0. The van der Waals surface area contributed by atoms with Gasteiger partial charge >= 0.3 is 6.09 Å². The summed E-state index contributed by atoms with van der Waals surface area (Å²) in [6.07, 6.45) is 2.31. The first-order chi connectivity index (χ1) is 14.5. The molecular weight excluding hydrogens is 394 g/mol. The Bertz CT molecular complexity index is 723. The first-order valence-electron chi connectivity index (χ1n) is 11.1. The Labute approximate surface area is 186 Å². The van der Waals surface area contributed by atoms with Crippen LogP contribution in [0.4, 0.5) is 4.79 Å². The largest absolute Gasteiger partial charge is 0.444 e. The van der Waals surface area contributed by atoms with Crippen molar-refractivity contribution in [2.24, 2.45) is 0 Å². The molecular formula is C24H39N3O4. The van der Waals surface area contributed by atoms with Crippen molar-refractivity contribution < 1.29 is 19.1 Å². The summed E-state index contributed by atoms with van der Waals surface area (Å²) >= 11 is 0. The van der Waals surface area contributed by atoms with Gasteiger partial charge in [0.25, 0.3) is 0 Å².